The van der Waals surface area contributed by atoms with Gasteiger partial charge < -0.3 is 10.1 Å². The van der Waals surface area contributed by atoms with E-state index in [4.69, 9.17) is 16.7 Å². The van der Waals surface area contributed by atoms with Crippen LogP contribution in [-0.2, 0) is 0 Å². The molecule has 2 rings (SSSR count). The molecule has 2 N–H and O–H groups in total. The summed E-state index contributed by atoms with van der Waals surface area (Å²) in [4.78, 5) is 25.1. The molecule has 15 heavy (non-hydrogen) atoms. The van der Waals surface area contributed by atoms with Crippen LogP contribution in [0.15, 0.2) is 29.2 Å². The average molecular weight is 224 g/mol. The Balaban J connectivity index is 2.96. The van der Waals surface area contributed by atoms with E-state index < -0.39 is 5.97 Å². The summed E-state index contributed by atoms with van der Waals surface area (Å²) >= 11 is 5.63. The number of aromatic carboxylic acids is 1. The van der Waals surface area contributed by atoms with E-state index in [-0.39, 0.29) is 21.4 Å². The van der Waals surface area contributed by atoms with Crippen LogP contribution in [0.5, 0.6) is 0 Å². The van der Waals surface area contributed by atoms with Crippen molar-refractivity contribution in [1.29, 1.82) is 0 Å². The molecular weight excluding hydrogens is 218 g/mol. The molecule has 0 saturated carbocycles. The first kappa shape index (κ1) is 9.73. The van der Waals surface area contributed by atoms with Crippen molar-refractivity contribution in [1.82, 2.24) is 4.98 Å². The van der Waals surface area contributed by atoms with Gasteiger partial charge in [0.15, 0.2) is 0 Å². The van der Waals surface area contributed by atoms with Crippen LogP contribution in [0.1, 0.15) is 10.4 Å². The Morgan fingerprint density at radius 1 is 1.40 bits per heavy atom. The molecule has 76 valence electrons. The summed E-state index contributed by atoms with van der Waals surface area (Å²) in [6, 6.07) is 4.47. The zero-order valence-corrected chi connectivity index (χ0v) is 8.21. The maximum atomic E-state index is 11.6. The molecule has 0 unspecified atom stereocenters. The van der Waals surface area contributed by atoms with Crippen molar-refractivity contribution in [3.63, 3.8) is 0 Å². The van der Waals surface area contributed by atoms with Gasteiger partial charge in [-0.05, 0) is 12.1 Å². The van der Waals surface area contributed by atoms with Crippen molar-refractivity contribution < 1.29 is 9.90 Å². The SMILES string of the molecule is O=C(O)c1cccc2c(=O)c(Cl)c[nH]c12. The number of aromatic amines is 1. The van der Waals surface area contributed by atoms with Gasteiger partial charge in [-0.1, -0.05) is 17.7 Å². The van der Waals surface area contributed by atoms with E-state index in [0.717, 1.165) is 0 Å². The first-order chi connectivity index (χ1) is 7.11. The summed E-state index contributed by atoms with van der Waals surface area (Å²) in [6.45, 7) is 0. The number of nitrogens with one attached hydrogen (secondary N) is 1. The van der Waals surface area contributed by atoms with E-state index in [0.29, 0.717) is 5.52 Å². The highest BCUT2D eigenvalue weighted by molar-refractivity contribution is 6.31. The zero-order chi connectivity index (χ0) is 11.0. The highest BCUT2D eigenvalue weighted by Gasteiger charge is 2.11. The van der Waals surface area contributed by atoms with Gasteiger partial charge in [0.2, 0.25) is 5.43 Å². The maximum Gasteiger partial charge on any atom is 0.337 e. The monoisotopic (exact) mass is 223 g/mol. The van der Waals surface area contributed by atoms with Crippen molar-refractivity contribution in [2.24, 2.45) is 0 Å². The van der Waals surface area contributed by atoms with Crippen LogP contribution in [0, 0.1) is 0 Å². The number of aromatic nitrogens is 1. The lowest BCUT2D eigenvalue weighted by Crippen LogP contribution is -2.07. The van der Waals surface area contributed by atoms with E-state index in [1.807, 2.05) is 0 Å². The Hall–Kier alpha value is -1.81. The topological polar surface area (TPSA) is 70.2 Å². The number of carboxylic acid groups (broad SMARTS) is 1. The van der Waals surface area contributed by atoms with E-state index >= 15 is 0 Å². The predicted molar refractivity (Wildman–Crippen MR) is 56.5 cm³/mol. The Morgan fingerprint density at radius 3 is 2.80 bits per heavy atom. The first-order valence-electron chi connectivity index (χ1n) is 4.14. The molecule has 2 aromatic rings. The molecule has 1 aromatic heterocycles. The van der Waals surface area contributed by atoms with E-state index in [9.17, 15) is 9.59 Å². The summed E-state index contributed by atoms with van der Waals surface area (Å²) in [5.74, 6) is -1.08. The standard InChI is InChI=1S/C10H6ClNO3/c11-7-4-12-8-5(9(7)13)2-1-3-6(8)10(14)15/h1-4H,(H,12,13)(H,14,15). The average Bonchev–Trinajstić information content (AvgIpc) is 2.23. The fourth-order valence-electron chi connectivity index (χ4n) is 1.40. The molecule has 0 aliphatic rings. The molecule has 0 spiro atoms. The van der Waals surface area contributed by atoms with Crippen LogP contribution in [-0.4, -0.2) is 16.1 Å². The first-order valence-corrected chi connectivity index (χ1v) is 4.52. The van der Waals surface area contributed by atoms with Gasteiger partial charge in [0.1, 0.15) is 5.02 Å². The van der Waals surface area contributed by atoms with Crippen LogP contribution in [0.25, 0.3) is 10.9 Å². The van der Waals surface area contributed by atoms with Crippen molar-refractivity contribution in [3.8, 4) is 0 Å². The number of H-pyrrole nitrogens is 1. The lowest BCUT2D eigenvalue weighted by molar-refractivity contribution is 0.0699. The van der Waals surface area contributed by atoms with Crippen LogP contribution in [0.4, 0.5) is 0 Å². The second kappa shape index (κ2) is 3.40. The maximum absolute atomic E-state index is 11.6. The second-order valence-electron chi connectivity index (χ2n) is 3.00. The fraction of sp³-hybridized carbons (Fsp3) is 0. The van der Waals surface area contributed by atoms with Gasteiger partial charge in [-0.15, -0.1) is 0 Å². The van der Waals surface area contributed by atoms with Gasteiger partial charge in [-0.3, -0.25) is 4.79 Å². The normalized spacial score (nSPS) is 10.5. The number of rotatable bonds is 1. The molecule has 0 amide bonds. The number of hydrogen-bond donors (Lipinski definition) is 2. The summed E-state index contributed by atoms with van der Waals surface area (Å²) < 4.78 is 0. The molecule has 0 aliphatic heterocycles. The number of carboxylic acids is 1. The number of pyridine rings is 1. The fourth-order valence-corrected chi connectivity index (χ4v) is 1.56. The minimum Gasteiger partial charge on any atom is -0.478 e. The third-order valence-corrected chi connectivity index (χ3v) is 2.38. The van der Waals surface area contributed by atoms with E-state index in [2.05, 4.69) is 4.98 Å². The number of hydrogen-bond acceptors (Lipinski definition) is 2. The molecule has 0 radical (unpaired) electrons. The molecule has 5 heteroatoms. The largest absolute Gasteiger partial charge is 0.478 e. The highest BCUT2D eigenvalue weighted by atomic mass is 35.5. The number of para-hydroxylation sites is 1. The Kier molecular flexibility index (Phi) is 2.21. The molecule has 0 atom stereocenters. The zero-order valence-electron chi connectivity index (χ0n) is 7.45. The van der Waals surface area contributed by atoms with Crippen LogP contribution in [0.3, 0.4) is 0 Å². The Labute approximate surface area is 89.1 Å². The van der Waals surface area contributed by atoms with Crippen LogP contribution in [0.2, 0.25) is 5.02 Å². The molecule has 1 aromatic carbocycles. The Morgan fingerprint density at radius 2 is 2.13 bits per heavy atom. The number of halogens is 1. The highest BCUT2D eigenvalue weighted by Crippen LogP contribution is 2.15. The molecule has 4 nitrogen and oxygen atoms in total. The number of benzene rings is 1. The molecule has 0 aliphatic carbocycles. The third kappa shape index (κ3) is 1.49. The lowest BCUT2D eigenvalue weighted by Gasteiger charge is -2.01. The summed E-state index contributed by atoms with van der Waals surface area (Å²) in [6.07, 6.45) is 1.29. The summed E-state index contributed by atoms with van der Waals surface area (Å²) in [7, 11) is 0. The van der Waals surface area contributed by atoms with Gasteiger partial charge in [-0.25, -0.2) is 4.79 Å². The van der Waals surface area contributed by atoms with Gasteiger partial charge >= 0.3 is 5.97 Å². The molecule has 0 fully saturated rings. The minimum atomic E-state index is -1.08. The summed E-state index contributed by atoms with van der Waals surface area (Å²) in [5.41, 5.74) is -0.0193. The second-order valence-corrected chi connectivity index (χ2v) is 3.41. The smallest absolute Gasteiger partial charge is 0.337 e. The van der Waals surface area contributed by atoms with Gasteiger partial charge in [0.05, 0.1) is 11.1 Å². The lowest BCUT2D eigenvalue weighted by atomic mass is 10.1. The van der Waals surface area contributed by atoms with E-state index in [1.165, 1.54) is 24.4 Å². The summed E-state index contributed by atoms with van der Waals surface area (Å²) in [5, 5.41) is 9.21. The molecule has 1 heterocycles. The van der Waals surface area contributed by atoms with Gasteiger partial charge in [0, 0.05) is 11.6 Å². The van der Waals surface area contributed by atoms with Gasteiger partial charge in [0.25, 0.3) is 0 Å². The van der Waals surface area contributed by atoms with Crippen LogP contribution < -0.4 is 5.43 Å². The van der Waals surface area contributed by atoms with Crippen molar-refractivity contribution >= 4 is 28.5 Å². The van der Waals surface area contributed by atoms with Crippen LogP contribution >= 0.6 is 11.6 Å². The van der Waals surface area contributed by atoms with Crippen molar-refractivity contribution in [2.45, 2.75) is 0 Å². The van der Waals surface area contributed by atoms with Crippen molar-refractivity contribution in [2.75, 3.05) is 0 Å². The van der Waals surface area contributed by atoms with Crippen molar-refractivity contribution in [3.05, 3.63) is 45.2 Å². The third-order valence-electron chi connectivity index (χ3n) is 2.10. The number of carbonyl (C=O) groups is 1. The molecule has 0 saturated heterocycles. The van der Waals surface area contributed by atoms with E-state index in [1.54, 1.807) is 0 Å². The predicted octanol–water partition coefficient (Wildman–Crippen LogP) is 1.88. The molecular formula is C10H6ClNO3. The Bertz CT molecular complexity index is 603. The molecule has 0 bridgehead atoms. The number of fused-ring (bicyclic) bond motifs is 1. The quantitative estimate of drug-likeness (QED) is 0.776. The van der Waals surface area contributed by atoms with Gasteiger partial charge in [-0.2, -0.15) is 0 Å². The minimum absolute atomic E-state index is 0.0463.